The van der Waals surface area contributed by atoms with Gasteiger partial charge in [0.15, 0.2) is 0 Å². The zero-order valence-corrected chi connectivity index (χ0v) is 20.8. The molecule has 5 nitrogen and oxygen atoms in total. The summed E-state index contributed by atoms with van der Waals surface area (Å²) >= 11 is 12.3. The summed E-state index contributed by atoms with van der Waals surface area (Å²) in [6, 6.07) is 13.4. The van der Waals surface area contributed by atoms with E-state index in [4.69, 9.17) is 23.2 Å². The number of carbonyl (C=O) groups is 1. The van der Waals surface area contributed by atoms with E-state index in [1.807, 2.05) is 0 Å². The van der Waals surface area contributed by atoms with Gasteiger partial charge in [0.2, 0.25) is 15.9 Å². The van der Waals surface area contributed by atoms with Gasteiger partial charge in [-0.3, -0.25) is 4.79 Å². The second kappa shape index (κ2) is 11.0. The van der Waals surface area contributed by atoms with Crippen LogP contribution in [0.15, 0.2) is 42.5 Å². The van der Waals surface area contributed by atoms with Crippen LogP contribution in [-0.2, 0) is 27.0 Å². The van der Waals surface area contributed by atoms with Gasteiger partial charge in [-0.25, -0.2) is 12.7 Å². The van der Waals surface area contributed by atoms with Gasteiger partial charge < -0.3 is 5.32 Å². The number of carbonyl (C=O) groups excluding carboxylic acids is 1. The molecule has 0 aliphatic carbocycles. The summed E-state index contributed by atoms with van der Waals surface area (Å²) < 4.78 is 27.1. The van der Waals surface area contributed by atoms with E-state index in [1.165, 1.54) is 15.4 Å². The van der Waals surface area contributed by atoms with Crippen molar-refractivity contribution in [3.05, 3.63) is 69.2 Å². The minimum atomic E-state index is -3.56. The summed E-state index contributed by atoms with van der Waals surface area (Å²) in [6.45, 7) is 5.54. The van der Waals surface area contributed by atoms with E-state index in [0.717, 1.165) is 6.42 Å². The van der Waals surface area contributed by atoms with Crippen LogP contribution in [0.5, 0.6) is 0 Å². The number of piperidine rings is 1. The number of amides is 1. The van der Waals surface area contributed by atoms with Crippen LogP contribution in [0.25, 0.3) is 0 Å². The molecule has 3 rings (SSSR count). The lowest BCUT2D eigenvalue weighted by Gasteiger charge is -2.30. The highest BCUT2D eigenvalue weighted by atomic mass is 35.5. The average molecular weight is 497 g/mol. The lowest BCUT2D eigenvalue weighted by molar-refractivity contribution is -0.126. The van der Waals surface area contributed by atoms with Gasteiger partial charge in [0, 0.05) is 41.2 Å². The van der Waals surface area contributed by atoms with Crippen LogP contribution in [0.2, 0.25) is 10.0 Å². The molecule has 0 spiro atoms. The van der Waals surface area contributed by atoms with E-state index in [2.05, 4.69) is 43.4 Å². The van der Waals surface area contributed by atoms with Crippen molar-refractivity contribution in [2.24, 2.45) is 5.92 Å². The molecule has 0 atom stereocenters. The maximum absolute atomic E-state index is 12.8. The van der Waals surface area contributed by atoms with Gasteiger partial charge in [0.05, 0.1) is 5.75 Å². The highest BCUT2D eigenvalue weighted by molar-refractivity contribution is 7.88. The van der Waals surface area contributed by atoms with Crippen LogP contribution in [0, 0.1) is 5.92 Å². The second-order valence-electron chi connectivity index (χ2n) is 8.57. The van der Waals surface area contributed by atoms with Crippen LogP contribution in [-0.4, -0.2) is 38.3 Å². The van der Waals surface area contributed by atoms with Crippen molar-refractivity contribution in [1.82, 2.24) is 9.62 Å². The van der Waals surface area contributed by atoms with Gasteiger partial charge in [-0.2, -0.15) is 0 Å². The first kappa shape index (κ1) is 25.0. The third-order valence-electron chi connectivity index (χ3n) is 5.97. The van der Waals surface area contributed by atoms with Gasteiger partial charge in [-0.05, 0) is 48.4 Å². The quantitative estimate of drug-likeness (QED) is 0.557. The standard InChI is InChI=1S/C24H30Cl2N2O3S/c1-17(2)19-8-6-18(7-9-19)10-13-27-24(29)20-11-14-28(15-12-20)32(30,31)16-21-22(25)4-3-5-23(21)26/h3-9,17,20H,10-16H2,1-2H3,(H,27,29). The summed E-state index contributed by atoms with van der Waals surface area (Å²) in [7, 11) is -3.56. The molecule has 0 saturated carbocycles. The Balaban J connectivity index is 1.46. The van der Waals surface area contributed by atoms with Gasteiger partial charge in [-0.15, -0.1) is 0 Å². The number of hydrogen-bond donors (Lipinski definition) is 1. The van der Waals surface area contributed by atoms with E-state index in [9.17, 15) is 13.2 Å². The number of benzene rings is 2. The average Bonchev–Trinajstić information content (AvgIpc) is 2.77. The van der Waals surface area contributed by atoms with Crippen LogP contribution in [0.1, 0.15) is 49.3 Å². The first-order valence-electron chi connectivity index (χ1n) is 10.9. The maximum atomic E-state index is 12.8. The predicted octanol–water partition coefficient (Wildman–Crippen LogP) is 5.02. The van der Waals surface area contributed by atoms with Crippen molar-refractivity contribution in [1.29, 1.82) is 0 Å². The van der Waals surface area contributed by atoms with Gasteiger partial charge >= 0.3 is 0 Å². The fourth-order valence-corrected chi connectivity index (χ4v) is 6.20. The topological polar surface area (TPSA) is 66.5 Å². The second-order valence-corrected chi connectivity index (χ2v) is 11.4. The van der Waals surface area contributed by atoms with Crippen molar-refractivity contribution in [3.8, 4) is 0 Å². The fraction of sp³-hybridized carbons (Fsp3) is 0.458. The van der Waals surface area contributed by atoms with Crippen LogP contribution < -0.4 is 5.32 Å². The Morgan fingerprint density at radius 2 is 1.66 bits per heavy atom. The summed E-state index contributed by atoms with van der Waals surface area (Å²) in [5.74, 6) is 0.0848. The zero-order chi connectivity index (χ0) is 23.3. The molecule has 0 bridgehead atoms. The highest BCUT2D eigenvalue weighted by Crippen LogP contribution is 2.29. The minimum Gasteiger partial charge on any atom is -0.356 e. The molecule has 1 heterocycles. The summed E-state index contributed by atoms with van der Waals surface area (Å²) in [4.78, 5) is 12.6. The van der Waals surface area contributed by atoms with E-state index in [-0.39, 0.29) is 17.6 Å². The number of nitrogens with one attached hydrogen (secondary N) is 1. The molecule has 0 radical (unpaired) electrons. The Kier molecular flexibility index (Phi) is 8.62. The largest absolute Gasteiger partial charge is 0.356 e. The minimum absolute atomic E-state index is 0.00463. The summed E-state index contributed by atoms with van der Waals surface area (Å²) in [5, 5.41) is 3.69. The molecule has 8 heteroatoms. The molecule has 2 aromatic carbocycles. The predicted molar refractivity (Wildman–Crippen MR) is 131 cm³/mol. The fourth-order valence-electron chi connectivity index (χ4n) is 3.88. The Hall–Kier alpha value is -1.60. The molecule has 0 unspecified atom stereocenters. The monoisotopic (exact) mass is 496 g/mol. The SMILES string of the molecule is CC(C)c1ccc(CCNC(=O)C2CCN(S(=O)(=O)Cc3c(Cl)cccc3Cl)CC2)cc1. The molecular weight excluding hydrogens is 467 g/mol. The Morgan fingerprint density at radius 3 is 2.22 bits per heavy atom. The molecule has 1 aliphatic heterocycles. The molecule has 1 N–H and O–H groups in total. The van der Waals surface area contributed by atoms with Gasteiger partial charge in [-0.1, -0.05) is 67.4 Å². The molecule has 2 aromatic rings. The normalized spacial score (nSPS) is 15.8. The molecule has 1 amide bonds. The van der Waals surface area contributed by atoms with E-state index >= 15 is 0 Å². The van der Waals surface area contributed by atoms with Gasteiger partial charge in [0.25, 0.3) is 0 Å². The Labute approximate surface area is 201 Å². The van der Waals surface area contributed by atoms with Crippen molar-refractivity contribution >= 4 is 39.1 Å². The first-order chi connectivity index (χ1) is 15.2. The smallest absolute Gasteiger partial charge is 0.223 e. The number of rotatable bonds is 8. The summed E-state index contributed by atoms with van der Waals surface area (Å²) in [6.07, 6.45) is 1.78. The molecule has 32 heavy (non-hydrogen) atoms. The van der Waals surface area contributed by atoms with E-state index in [0.29, 0.717) is 54.0 Å². The van der Waals surface area contributed by atoms with Gasteiger partial charge in [0.1, 0.15) is 0 Å². The molecule has 174 valence electrons. The molecule has 1 saturated heterocycles. The number of nitrogens with zero attached hydrogens (tertiary/aromatic N) is 1. The van der Waals surface area contributed by atoms with Crippen molar-refractivity contribution in [3.63, 3.8) is 0 Å². The van der Waals surface area contributed by atoms with Crippen molar-refractivity contribution in [2.45, 2.75) is 44.8 Å². The Bertz CT molecular complexity index is 1010. The van der Waals surface area contributed by atoms with E-state index < -0.39 is 10.0 Å². The molecule has 0 aromatic heterocycles. The van der Waals surface area contributed by atoms with Crippen LogP contribution in [0.4, 0.5) is 0 Å². The number of sulfonamides is 1. The lowest BCUT2D eigenvalue weighted by Crippen LogP contribution is -2.43. The first-order valence-corrected chi connectivity index (χ1v) is 13.3. The third-order valence-corrected chi connectivity index (χ3v) is 8.48. The molecule has 1 fully saturated rings. The molecule has 1 aliphatic rings. The maximum Gasteiger partial charge on any atom is 0.223 e. The van der Waals surface area contributed by atoms with Crippen LogP contribution >= 0.6 is 23.2 Å². The number of halogens is 2. The molecular formula is C24H30Cl2N2O3S. The summed E-state index contributed by atoms with van der Waals surface area (Å²) in [5.41, 5.74) is 2.90. The van der Waals surface area contributed by atoms with Crippen LogP contribution in [0.3, 0.4) is 0 Å². The zero-order valence-electron chi connectivity index (χ0n) is 18.5. The van der Waals surface area contributed by atoms with E-state index in [1.54, 1.807) is 18.2 Å². The Morgan fingerprint density at radius 1 is 1.06 bits per heavy atom. The van der Waals surface area contributed by atoms with Crippen molar-refractivity contribution in [2.75, 3.05) is 19.6 Å². The highest BCUT2D eigenvalue weighted by Gasteiger charge is 2.31. The number of hydrogen-bond acceptors (Lipinski definition) is 3. The van der Waals surface area contributed by atoms with Crippen molar-refractivity contribution < 1.29 is 13.2 Å². The lowest BCUT2D eigenvalue weighted by atomic mass is 9.97. The third kappa shape index (κ3) is 6.47.